The van der Waals surface area contributed by atoms with Gasteiger partial charge in [-0.15, -0.1) is 5.10 Å². The van der Waals surface area contributed by atoms with Crippen LogP contribution in [0.25, 0.3) is 0 Å². The Morgan fingerprint density at radius 1 is 1.40 bits per heavy atom. The average Bonchev–Trinajstić information content (AvgIpc) is 2.88. The predicted octanol–water partition coefficient (Wildman–Crippen LogP) is 3.60. The van der Waals surface area contributed by atoms with Crippen LogP contribution in [0.15, 0.2) is 18.2 Å². The molecule has 0 spiro atoms. The van der Waals surface area contributed by atoms with Crippen LogP contribution in [0.3, 0.4) is 0 Å². The Morgan fingerprint density at radius 2 is 2.15 bits per heavy atom. The second-order valence-corrected chi connectivity index (χ2v) is 6.08. The summed E-state index contributed by atoms with van der Waals surface area (Å²) >= 11 is 7.24. The summed E-state index contributed by atoms with van der Waals surface area (Å²) in [6.07, 6.45) is -0.229. The molecule has 0 bridgehead atoms. The minimum Gasteiger partial charge on any atom is -0.496 e. The Hall–Kier alpha value is -1.17. The number of nitrogens with zero attached hydrogens (tertiary/aromatic N) is 2. The third kappa shape index (κ3) is 3.29. The maximum absolute atomic E-state index is 10.4. The standard InChI is InChI=1S/C14H17ClN2O2S/c1-8(2)13-14(20-17-16-13)11(18)7-9-6-10(15)4-5-12(9)19-3/h4-6,8,11,18H,7H2,1-3H3. The Morgan fingerprint density at radius 3 is 2.80 bits per heavy atom. The molecule has 6 heteroatoms. The van der Waals surface area contributed by atoms with Crippen LogP contribution < -0.4 is 4.74 Å². The molecule has 20 heavy (non-hydrogen) atoms. The van der Waals surface area contributed by atoms with Gasteiger partial charge >= 0.3 is 0 Å². The van der Waals surface area contributed by atoms with E-state index < -0.39 is 6.10 Å². The highest BCUT2D eigenvalue weighted by Gasteiger charge is 2.20. The number of aromatic nitrogens is 2. The molecule has 0 aliphatic carbocycles. The summed E-state index contributed by atoms with van der Waals surface area (Å²) in [5, 5.41) is 15.1. The maximum atomic E-state index is 10.4. The van der Waals surface area contributed by atoms with Gasteiger partial charge in [0, 0.05) is 11.4 Å². The van der Waals surface area contributed by atoms with E-state index >= 15 is 0 Å². The van der Waals surface area contributed by atoms with Crippen molar-refractivity contribution in [2.45, 2.75) is 32.3 Å². The molecule has 2 rings (SSSR count). The third-order valence-electron chi connectivity index (χ3n) is 3.05. The fourth-order valence-electron chi connectivity index (χ4n) is 2.04. The van der Waals surface area contributed by atoms with E-state index in [4.69, 9.17) is 16.3 Å². The number of ether oxygens (including phenoxy) is 1. The summed E-state index contributed by atoms with van der Waals surface area (Å²) in [6, 6.07) is 5.38. The molecule has 0 saturated heterocycles. The molecule has 0 radical (unpaired) electrons. The van der Waals surface area contributed by atoms with Crippen molar-refractivity contribution in [3.63, 3.8) is 0 Å². The number of methoxy groups -OCH3 is 1. The van der Waals surface area contributed by atoms with Gasteiger partial charge in [0.05, 0.1) is 23.8 Å². The number of hydrogen-bond donors (Lipinski definition) is 1. The molecule has 1 aromatic carbocycles. The number of halogens is 1. The topological polar surface area (TPSA) is 55.2 Å². The van der Waals surface area contributed by atoms with E-state index in [0.29, 0.717) is 11.4 Å². The van der Waals surface area contributed by atoms with Gasteiger partial charge in [-0.25, -0.2) is 0 Å². The summed E-state index contributed by atoms with van der Waals surface area (Å²) in [4.78, 5) is 0.807. The summed E-state index contributed by atoms with van der Waals surface area (Å²) < 4.78 is 9.24. The monoisotopic (exact) mass is 312 g/mol. The molecular formula is C14H17ClN2O2S. The smallest absolute Gasteiger partial charge is 0.122 e. The van der Waals surface area contributed by atoms with Crippen LogP contribution in [0.5, 0.6) is 5.75 Å². The number of hydrogen-bond acceptors (Lipinski definition) is 5. The minimum absolute atomic E-state index is 0.236. The Balaban J connectivity index is 2.25. The van der Waals surface area contributed by atoms with Crippen LogP contribution in [0.1, 0.15) is 42.0 Å². The lowest BCUT2D eigenvalue weighted by Crippen LogP contribution is -2.05. The maximum Gasteiger partial charge on any atom is 0.122 e. The van der Waals surface area contributed by atoms with E-state index in [-0.39, 0.29) is 5.92 Å². The van der Waals surface area contributed by atoms with Gasteiger partial charge < -0.3 is 9.84 Å². The Kier molecular flexibility index (Phi) is 4.96. The van der Waals surface area contributed by atoms with Gasteiger partial charge in [0.1, 0.15) is 5.75 Å². The highest BCUT2D eigenvalue weighted by Crippen LogP contribution is 2.32. The summed E-state index contributed by atoms with van der Waals surface area (Å²) in [7, 11) is 1.60. The Bertz CT molecular complexity index is 586. The van der Waals surface area contributed by atoms with Crippen molar-refractivity contribution in [1.29, 1.82) is 0 Å². The largest absolute Gasteiger partial charge is 0.496 e. The molecule has 108 valence electrons. The van der Waals surface area contributed by atoms with Crippen LogP contribution in [0.2, 0.25) is 5.02 Å². The zero-order valence-corrected chi connectivity index (χ0v) is 13.2. The lowest BCUT2D eigenvalue weighted by Gasteiger charge is -2.14. The highest BCUT2D eigenvalue weighted by atomic mass is 35.5. The summed E-state index contributed by atoms with van der Waals surface area (Å²) in [6.45, 7) is 4.07. The van der Waals surface area contributed by atoms with E-state index in [2.05, 4.69) is 9.59 Å². The van der Waals surface area contributed by atoms with Crippen molar-refractivity contribution in [1.82, 2.24) is 9.59 Å². The van der Waals surface area contributed by atoms with Gasteiger partial charge in [-0.05, 0) is 41.2 Å². The van der Waals surface area contributed by atoms with Crippen molar-refractivity contribution in [3.05, 3.63) is 39.4 Å². The molecular weight excluding hydrogens is 296 g/mol. The van der Waals surface area contributed by atoms with Crippen molar-refractivity contribution in [3.8, 4) is 5.75 Å². The lowest BCUT2D eigenvalue weighted by atomic mass is 10.0. The van der Waals surface area contributed by atoms with E-state index in [0.717, 1.165) is 21.9 Å². The first-order valence-corrected chi connectivity index (χ1v) is 7.50. The van der Waals surface area contributed by atoms with Crippen LogP contribution in [0, 0.1) is 0 Å². The summed E-state index contributed by atoms with van der Waals surface area (Å²) in [5.74, 6) is 0.955. The van der Waals surface area contributed by atoms with Crippen LogP contribution in [-0.2, 0) is 6.42 Å². The Labute approximate surface area is 127 Å². The molecule has 0 aliphatic rings. The van der Waals surface area contributed by atoms with E-state index in [9.17, 15) is 5.11 Å². The van der Waals surface area contributed by atoms with Crippen LogP contribution >= 0.6 is 23.1 Å². The number of benzene rings is 1. The van der Waals surface area contributed by atoms with Crippen LogP contribution in [0.4, 0.5) is 0 Å². The van der Waals surface area contributed by atoms with E-state index in [1.165, 1.54) is 11.5 Å². The molecule has 0 saturated carbocycles. The molecule has 1 aromatic heterocycles. The highest BCUT2D eigenvalue weighted by molar-refractivity contribution is 7.05. The predicted molar refractivity (Wildman–Crippen MR) is 80.7 cm³/mol. The van der Waals surface area contributed by atoms with E-state index in [1.54, 1.807) is 19.2 Å². The van der Waals surface area contributed by atoms with Gasteiger partial charge in [0.25, 0.3) is 0 Å². The van der Waals surface area contributed by atoms with E-state index in [1.807, 2.05) is 19.9 Å². The molecule has 1 heterocycles. The van der Waals surface area contributed by atoms with Gasteiger partial charge in [-0.3, -0.25) is 0 Å². The first kappa shape index (κ1) is 15.2. The molecule has 1 unspecified atom stereocenters. The third-order valence-corrected chi connectivity index (χ3v) is 4.12. The number of aliphatic hydroxyl groups is 1. The van der Waals surface area contributed by atoms with Gasteiger partial charge in [-0.2, -0.15) is 0 Å². The second-order valence-electron chi connectivity index (χ2n) is 4.85. The van der Waals surface area contributed by atoms with Gasteiger partial charge in [-0.1, -0.05) is 29.9 Å². The zero-order chi connectivity index (χ0) is 14.7. The number of rotatable bonds is 5. The molecule has 0 amide bonds. The molecule has 1 N–H and O–H groups in total. The van der Waals surface area contributed by atoms with Crippen molar-refractivity contribution >= 4 is 23.1 Å². The lowest BCUT2D eigenvalue weighted by molar-refractivity contribution is 0.179. The SMILES string of the molecule is COc1ccc(Cl)cc1CC(O)c1snnc1C(C)C. The minimum atomic E-state index is -0.653. The molecule has 0 aliphatic heterocycles. The van der Waals surface area contributed by atoms with Crippen molar-refractivity contribution in [2.75, 3.05) is 7.11 Å². The van der Waals surface area contributed by atoms with Gasteiger partial charge in [0.15, 0.2) is 0 Å². The first-order valence-electron chi connectivity index (χ1n) is 6.35. The molecule has 0 fully saturated rings. The quantitative estimate of drug-likeness (QED) is 0.916. The fraction of sp³-hybridized carbons (Fsp3) is 0.429. The average molecular weight is 313 g/mol. The first-order chi connectivity index (χ1) is 9.52. The second kappa shape index (κ2) is 6.52. The normalized spacial score (nSPS) is 12.7. The van der Waals surface area contributed by atoms with Crippen LogP contribution in [-0.4, -0.2) is 21.8 Å². The molecule has 1 atom stereocenters. The zero-order valence-electron chi connectivity index (χ0n) is 11.6. The number of aliphatic hydroxyl groups excluding tert-OH is 1. The fourth-order valence-corrected chi connectivity index (χ4v) is 3.03. The van der Waals surface area contributed by atoms with Gasteiger partial charge in [0.2, 0.25) is 0 Å². The van der Waals surface area contributed by atoms with Crippen molar-refractivity contribution in [2.24, 2.45) is 0 Å². The summed E-state index contributed by atoms with van der Waals surface area (Å²) in [5.41, 5.74) is 1.72. The van der Waals surface area contributed by atoms with Crippen molar-refractivity contribution < 1.29 is 9.84 Å². The molecule has 4 nitrogen and oxygen atoms in total. The molecule has 2 aromatic rings.